The molecule has 0 aromatic carbocycles. The Balaban J connectivity index is 2.87. The molecule has 19 heavy (non-hydrogen) atoms. The molecule has 1 fully saturated rings. The van der Waals surface area contributed by atoms with Gasteiger partial charge in [0.25, 0.3) is 0 Å². The first kappa shape index (κ1) is 16.7. The van der Waals surface area contributed by atoms with Crippen LogP contribution in [-0.2, 0) is 0 Å². The van der Waals surface area contributed by atoms with Crippen molar-refractivity contribution in [3.63, 3.8) is 0 Å². The topological polar surface area (TPSA) is 154 Å². The van der Waals surface area contributed by atoms with Crippen LogP contribution < -0.4 is 5.32 Å². The highest BCUT2D eigenvalue weighted by atomic mass is 16.4. The summed E-state index contributed by atoms with van der Waals surface area (Å²) in [6.07, 6.45) is -4.33. The Morgan fingerprint density at radius 3 is 1.89 bits per heavy atom. The van der Waals surface area contributed by atoms with Gasteiger partial charge in [-0.25, -0.2) is 0 Å². The van der Waals surface area contributed by atoms with E-state index in [0.29, 0.717) is 0 Å². The van der Waals surface area contributed by atoms with Gasteiger partial charge in [-0.1, -0.05) is 0 Å². The average molecular weight is 281 g/mol. The molecule has 0 spiro atoms. The van der Waals surface area contributed by atoms with Gasteiger partial charge in [0.1, 0.15) is 6.10 Å². The maximum atomic E-state index is 9.87. The standard InChI is InChI=1S/C11H23NO7/c13-2-6(3-14)12-7-1-11(4-15,5-16)10(19)9(18)8(7)17/h6-10,12-19H,1-5H2. The maximum absolute atomic E-state index is 9.87. The van der Waals surface area contributed by atoms with E-state index in [1.54, 1.807) is 0 Å². The van der Waals surface area contributed by atoms with Crippen molar-refractivity contribution in [3.8, 4) is 0 Å². The molecular weight excluding hydrogens is 258 g/mol. The fourth-order valence-corrected chi connectivity index (χ4v) is 2.46. The van der Waals surface area contributed by atoms with Crippen LogP contribution in [0.15, 0.2) is 0 Å². The van der Waals surface area contributed by atoms with Crippen molar-refractivity contribution in [2.45, 2.75) is 36.8 Å². The second kappa shape index (κ2) is 6.91. The summed E-state index contributed by atoms with van der Waals surface area (Å²) in [4.78, 5) is 0. The minimum Gasteiger partial charge on any atom is -0.396 e. The molecule has 0 radical (unpaired) electrons. The highest BCUT2D eigenvalue weighted by molar-refractivity contribution is 5.04. The van der Waals surface area contributed by atoms with E-state index >= 15 is 0 Å². The Bertz CT molecular complexity index is 270. The molecule has 0 saturated heterocycles. The quantitative estimate of drug-likeness (QED) is 0.243. The van der Waals surface area contributed by atoms with Crippen molar-refractivity contribution in [2.75, 3.05) is 26.4 Å². The third-order valence-electron chi connectivity index (χ3n) is 3.86. The largest absolute Gasteiger partial charge is 0.396 e. The lowest BCUT2D eigenvalue weighted by molar-refractivity contribution is -0.183. The van der Waals surface area contributed by atoms with Crippen LogP contribution in [0.4, 0.5) is 0 Å². The first-order chi connectivity index (χ1) is 8.95. The van der Waals surface area contributed by atoms with E-state index < -0.39 is 49.0 Å². The number of rotatable bonds is 6. The number of hydrogen-bond acceptors (Lipinski definition) is 8. The molecular formula is C11H23NO7. The molecule has 1 saturated carbocycles. The van der Waals surface area contributed by atoms with E-state index in [2.05, 4.69) is 5.32 Å². The highest BCUT2D eigenvalue weighted by Crippen LogP contribution is 2.36. The van der Waals surface area contributed by atoms with Gasteiger partial charge >= 0.3 is 0 Å². The summed E-state index contributed by atoms with van der Waals surface area (Å²) < 4.78 is 0. The van der Waals surface area contributed by atoms with Crippen molar-refractivity contribution < 1.29 is 35.7 Å². The fraction of sp³-hybridized carbons (Fsp3) is 1.00. The SMILES string of the molecule is OCC(CO)NC1CC(CO)(CO)C(O)C(O)C1O. The van der Waals surface area contributed by atoms with Crippen molar-refractivity contribution in [1.82, 2.24) is 5.32 Å². The van der Waals surface area contributed by atoms with Gasteiger partial charge in [-0.3, -0.25) is 0 Å². The Morgan fingerprint density at radius 1 is 0.947 bits per heavy atom. The van der Waals surface area contributed by atoms with E-state index in [4.69, 9.17) is 10.2 Å². The summed E-state index contributed by atoms with van der Waals surface area (Å²) in [6, 6.07) is -1.47. The van der Waals surface area contributed by atoms with Crippen LogP contribution in [0.5, 0.6) is 0 Å². The molecule has 8 N–H and O–H groups in total. The number of hydrogen-bond donors (Lipinski definition) is 8. The van der Waals surface area contributed by atoms with Gasteiger partial charge in [-0.05, 0) is 6.42 Å². The molecule has 0 aromatic rings. The van der Waals surface area contributed by atoms with Crippen molar-refractivity contribution in [3.05, 3.63) is 0 Å². The zero-order valence-electron chi connectivity index (χ0n) is 10.6. The minimum absolute atomic E-state index is 0.00407. The van der Waals surface area contributed by atoms with Gasteiger partial charge < -0.3 is 41.1 Å². The summed E-state index contributed by atoms with van der Waals surface area (Å²) >= 11 is 0. The van der Waals surface area contributed by atoms with Crippen molar-refractivity contribution in [2.24, 2.45) is 5.41 Å². The summed E-state index contributed by atoms with van der Waals surface area (Å²) in [5.74, 6) is 0. The van der Waals surface area contributed by atoms with Crippen LogP contribution in [0.25, 0.3) is 0 Å². The van der Waals surface area contributed by atoms with Gasteiger partial charge in [0.15, 0.2) is 0 Å². The van der Waals surface area contributed by atoms with Crippen LogP contribution in [0, 0.1) is 5.41 Å². The molecule has 0 bridgehead atoms. The Kier molecular flexibility index (Phi) is 6.09. The zero-order valence-corrected chi connectivity index (χ0v) is 10.6. The van der Waals surface area contributed by atoms with Crippen LogP contribution >= 0.6 is 0 Å². The van der Waals surface area contributed by atoms with E-state index in [1.165, 1.54) is 0 Å². The van der Waals surface area contributed by atoms with Crippen molar-refractivity contribution in [1.29, 1.82) is 0 Å². The molecule has 0 aromatic heterocycles. The molecule has 8 nitrogen and oxygen atoms in total. The maximum Gasteiger partial charge on any atom is 0.108 e. The van der Waals surface area contributed by atoms with E-state index in [1.807, 2.05) is 0 Å². The summed E-state index contributed by atoms with van der Waals surface area (Å²) in [5, 5.41) is 68.9. The number of aliphatic hydroxyl groups is 7. The van der Waals surface area contributed by atoms with Gasteiger partial charge in [-0.15, -0.1) is 0 Å². The monoisotopic (exact) mass is 281 g/mol. The fourth-order valence-electron chi connectivity index (χ4n) is 2.46. The zero-order chi connectivity index (χ0) is 14.6. The molecule has 1 aliphatic rings. The lowest BCUT2D eigenvalue weighted by atomic mass is 9.68. The lowest BCUT2D eigenvalue weighted by Gasteiger charge is -2.48. The van der Waals surface area contributed by atoms with Gasteiger partial charge in [0, 0.05) is 11.5 Å². The van der Waals surface area contributed by atoms with Gasteiger partial charge in [0.05, 0.1) is 44.7 Å². The molecule has 8 heteroatoms. The Morgan fingerprint density at radius 2 is 1.47 bits per heavy atom. The number of aliphatic hydroxyl groups excluding tert-OH is 7. The molecule has 0 amide bonds. The molecule has 1 aliphatic carbocycles. The summed E-state index contributed by atoms with van der Waals surface area (Å²) in [6.45, 7) is -1.86. The number of nitrogens with one attached hydrogen (secondary N) is 1. The van der Waals surface area contributed by atoms with Crippen LogP contribution in [0.2, 0.25) is 0 Å². The Hall–Kier alpha value is -0.320. The van der Waals surface area contributed by atoms with E-state index in [-0.39, 0.29) is 19.6 Å². The molecule has 4 unspecified atom stereocenters. The smallest absolute Gasteiger partial charge is 0.108 e. The lowest BCUT2D eigenvalue weighted by Crippen LogP contribution is -2.66. The van der Waals surface area contributed by atoms with Crippen LogP contribution in [0.1, 0.15) is 6.42 Å². The second-order valence-corrected chi connectivity index (χ2v) is 5.14. The molecule has 0 aliphatic heterocycles. The van der Waals surface area contributed by atoms with E-state index in [9.17, 15) is 25.5 Å². The second-order valence-electron chi connectivity index (χ2n) is 5.14. The van der Waals surface area contributed by atoms with Gasteiger partial charge in [0.2, 0.25) is 0 Å². The normalized spacial score (nSPS) is 34.7. The van der Waals surface area contributed by atoms with Crippen LogP contribution in [-0.4, -0.2) is 92.6 Å². The third-order valence-corrected chi connectivity index (χ3v) is 3.86. The summed E-state index contributed by atoms with van der Waals surface area (Å²) in [7, 11) is 0. The van der Waals surface area contributed by atoms with E-state index in [0.717, 1.165) is 0 Å². The predicted octanol–water partition coefficient (Wildman–Crippen LogP) is -4.24. The predicted molar refractivity (Wildman–Crippen MR) is 64.1 cm³/mol. The first-order valence-electron chi connectivity index (χ1n) is 6.19. The highest BCUT2D eigenvalue weighted by Gasteiger charge is 2.51. The summed E-state index contributed by atoms with van der Waals surface area (Å²) in [5.41, 5.74) is -1.34. The third kappa shape index (κ3) is 3.23. The van der Waals surface area contributed by atoms with Crippen LogP contribution in [0.3, 0.4) is 0 Å². The van der Waals surface area contributed by atoms with Crippen molar-refractivity contribution >= 4 is 0 Å². The molecule has 114 valence electrons. The Labute approximate surface area is 110 Å². The van der Waals surface area contributed by atoms with Gasteiger partial charge in [-0.2, -0.15) is 0 Å². The molecule has 4 atom stereocenters. The molecule has 1 rings (SSSR count). The average Bonchev–Trinajstić information content (AvgIpc) is 2.45. The molecule has 0 heterocycles. The first-order valence-corrected chi connectivity index (χ1v) is 6.19. The minimum atomic E-state index is -1.54.